The minimum Gasteiger partial charge on any atom is -0.468 e. The van der Waals surface area contributed by atoms with Crippen molar-refractivity contribution in [2.24, 2.45) is 0 Å². The minimum atomic E-state index is 0.264. The van der Waals surface area contributed by atoms with Crippen LogP contribution in [0.25, 0.3) is 22.3 Å². The molecule has 0 saturated carbocycles. The van der Waals surface area contributed by atoms with Gasteiger partial charge in [-0.15, -0.1) is 0 Å². The lowest BCUT2D eigenvalue weighted by Gasteiger charge is -2.15. The summed E-state index contributed by atoms with van der Waals surface area (Å²) < 4.78 is 13.2. The summed E-state index contributed by atoms with van der Waals surface area (Å²) in [4.78, 5) is 15.9. The number of imidazole rings is 1. The van der Waals surface area contributed by atoms with Crippen LogP contribution in [0.4, 0.5) is 5.82 Å². The molecule has 8 heteroatoms. The Labute approximate surface area is 212 Å². The molecule has 0 bridgehead atoms. The fourth-order valence-electron chi connectivity index (χ4n) is 4.69. The lowest BCUT2D eigenvalue weighted by atomic mass is 10.0. The van der Waals surface area contributed by atoms with Gasteiger partial charge in [0, 0.05) is 6.54 Å². The van der Waals surface area contributed by atoms with E-state index in [1.54, 1.807) is 7.11 Å². The summed E-state index contributed by atoms with van der Waals surface area (Å²) in [6.45, 7) is 6.64. The summed E-state index contributed by atoms with van der Waals surface area (Å²) in [5.41, 5.74) is 12.1. The number of nitrogen functional groups attached to an aromatic ring is 1. The molecule has 2 aromatic carbocycles. The quantitative estimate of drug-likeness (QED) is 0.319. The molecule has 0 spiro atoms. The van der Waals surface area contributed by atoms with Gasteiger partial charge in [-0.1, -0.05) is 55.8 Å². The average Bonchev–Trinajstić information content (AvgIpc) is 3.53. The van der Waals surface area contributed by atoms with E-state index in [1.807, 2.05) is 4.57 Å². The van der Waals surface area contributed by atoms with E-state index in [9.17, 15) is 0 Å². The molecule has 2 N–H and O–H groups in total. The minimum absolute atomic E-state index is 0.264. The van der Waals surface area contributed by atoms with E-state index in [2.05, 4.69) is 75.3 Å². The Hall–Kier alpha value is -3.65. The molecule has 0 atom stereocenters. The number of unbranched alkanes of at least 4 members (excludes halogenated alkanes) is 1. The van der Waals surface area contributed by atoms with Crippen LogP contribution in [0.1, 0.15) is 43.7 Å². The predicted molar refractivity (Wildman–Crippen MR) is 142 cm³/mol. The Morgan fingerprint density at radius 2 is 1.72 bits per heavy atom. The fraction of sp³-hybridized carbons (Fsp3) is 0.393. The number of nitrogens with two attached hydrogens (primary N) is 1. The zero-order valence-corrected chi connectivity index (χ0v) is 21.1. The normalized spacial score (nSPS) is 13.9. The molecule has 4 aromatic rings. The van der Waals surface area contributed by atoms with E-state index in [4.69, 9.17) is 15.2 Å². The molecule has 0 unspecified atom stereocenters. The second kappa shape index (κ2) is 11.0. The molecule has 3 heterocycles. The molecule has 0 aliphatic carbocycles. The van der Waals surface area contributed by atoms with E-state index < -0.39 is 0 Å². The molecule has 1 fully saturated rings. The van der Waals surface area contributed by atoms with Gasteiger partial charge in [-0.25, -0.2) is 0 Å². The summed E-state index contributed by atoms with van der Waals surface area (Å²) in [6.07, 6.45) is 4.58. The van der Waals surface area contributed by atoms with E-state index in [0.29, 0.717) is 30.3 Å². The van der Waals surface area contributed by atoms with E-state index in [0.717, 1.165) is 24.9 Å². The fourth-order valence-corrected chi connectivity index (χ4v) is 4.69. The number of anilines is 1. The van der Waals surface area contributed by atoms with Crippen LogP contribution >= 0.6 is 0 Å². The first-order valence-corrected chi connectivity index (χ1v) is 12.8. The number of likely N-dealkylation sites (tertiary alicyclic amines) is 1. The van der Waals surface area contributed by atoms with Crippen LogP contribution in [0.15, 0.2) is 48.5 Å². The maximum Gasteiger partial charge on any atom is 0.320 e. The molecule has 36 heavy (non-hydrogen) atoms. The third-order valence-electron chi connectivity index (χ3n) is 6.64. The van der Waals surface area contributed by atoms with Crippen molar-refractivity contribution in [2.45, 2.75) is 45.7 Å². The van der Waals surface area contributed by atoms with Gasteiger partial charge in [0.1, 0.15) is 0 Å². The van der Waals surface area contributed by atoms with Crippen LogP contribution < -0.4 is 15.2 Å². The molecule has 0 radical (unpaired) electrons. The van der Waals surface area contributed by atoms with Crippen LogP contribution in [0.5, 0.6) is 12.0 Å². The van der Waals surface area contributed by atoms with Gasteiger partial charge in [-0.2, -0.15) is 15.0 Å². The van der Waals surface area contributed by atoms with Crippen molar-refractivity contribution >= 4 is 17.0 Å². The van der Waals surface area contributed by atoms with Crippen molar-refractivity contribution < 1.29 is 9.47 Å². The lowest BCUT2D eigenvalue weighted by Crippen LogP contribution is -2.18. The zero-order chi connectivity index (χ0) is 24.9. The number of rotatable bonds is 10. The van der Waals surface area contributed by atoms with Gasteiger partial charge in [-0.3, -0.25) is 9.47 Å². The third kappa shape index (κ3) is 5.28. The largest absolute Gasteiger partial charge is 0.468 e. The Balaban J connectivity index is 1.39. The van der Waals surface area contributed by atoms with Gasteiger partial charge in [0.05, 0.1) is 20.3 Å². The Bertz CT molecular complexity index is 1310. The highest BCUT2D eigenvalue weighted by Gasteiger charge is 2.18. The second-order valence-electron chi connectivity index (χ2n) is 9.33. The number of aromatic nitrogens is 4. The first-order valence-electron chi connectivity index (χ1n) is 12.8. The van der Waals surface area contributed by atoms with Gasteiger partial charge in [0.2, 0.25) is 0 Å². The Morgan fingerprint density at radius 3 is 2.47 bits per heavy atom. The van der Waals surface area contributed by atoms with Gasteiger partial charge in [0.25, 0.3) is 6.01 Å². The van der Waals surface area contributed by atoms with Gasteiger partial charge >= 0.3 is 6.01 Å². The molecule has 8 nitrogen and oxygen atoms in total. The third-order valence-corrected chi connectivity index (χ3v) is 6.64. The monoisotopic (exact) mass is 486 g/mol. The summed E-state index contributed by atoms with van der Waals surface area (Å²) >= 11 is 0. The SMILES string of the molecule is CCCCOc1nc(N)c2nc(OC)n(Cc3cccc(-c4ccc(CN5CCCC5)cc4)c3)c2n1. The highest BCUT2D eigenvalue weighted by atomic mass is 16.5. The Morgan fingerprint density at radius 1 is 0.917 bits per heavy atom. The summed E-state index contributed by atoms with van der Waals surface area (Å²) in [6, 6.07) is 18.1. The van der Waals surface area contributed by atoms with Crippen molar-refractivity contribution in [1.29, 1.82) is 0 Å². The molecule has 5 rings (SSSR count). The van der Waals surface area contributed by atoms with Crippen LogP contribution in [0.2, 0.25) is 0 Å². The van der Waals surface area contributed by atoms with Crippen molar-refractivity contribution in [3.05, 3.63) is 59.7 Å². The van der Waals surface area contributed by atoms with E-state index >= 15 is 0 Å². The molecule has 1 aliphatic heterocycles. The summed E-state index contributed by atoms with van der Waals surface area (Å²) in [7, 11) is 1.60. The van der Waals surface area contributed by atoms with Gasteiger partial charge < -0.3 is 15.2 Å². The van der Waals surface area contributed by atoms with Crippen LogP contribution in [0.3, 0.4) is 0 Å². The van der Waals surface area contributed by atoms with Crippen molar-refractivity contribution in [1.82, 2.24) is 24.4 Å². The van der Waals surface area contributed by atoms with Crippen molar-refractivity contribution in [3.63, 3.8) is 0 Å². The topological polar surface area (TPSA) is 91.3 Å². The van der Waals surface area contributed by atoms with E-state index in [-0.39, 0.29) is 11.8 Å². The first-order chi connectivity index (χ1) is 17.6. The maximum atomic E-state index is 6.19. The number of benzene rings is 2. The number of hydrogen-bond donors (Lipinski definition) is 1. The smallest absolute Gasteiger partial charge is 0.320 e. The molecular formula is C28H34N6O2. The number of hydrogen-bond acceptors (Lipinski definition) is 7. The highest BCUT2D eigenvalue weighted by molar-refractivity contribution is 5.83. The average molecular weight is 487 g/mol. The van der Waals surface area contributed by atoms with Crippen LogP contribution in [0, 0.1) is 0 Å². The zero-order valence-electron chi connectivity index (χ0n) is 21.1. The standard InChI is InChI=1S/C28H34N6O2/c1-3-4-16-36-27-31-25(29)24-26(32-27)34(28(30-24)35-2)19-21-8-7-9-23(17-21)22-12-10-20(11-13-22)18-33-14-5-6-15-33/h7-13,17H,3-6,14-16,18-19H2,1-2H3,(H2,29,31,32). The molecule has 1 aliphatic rings. The predicted octanol–water partition coefficient (Wildman–Crippen LogP) is 4.91. The number of methoxy groups -OCH3 is 1. The number of fused-ring (bicyclic) bond motifs is 1. The summed E-state index contributed by atoms with van der Waals surface area (Å²) in [5, 5.41) is 0. The van der Waals surface area contributed by atoms with Gasteiger partial charge in [0.15, 0.2) is 17.0 Å². The van der Waals surface area contributed by atoms with Gasteiger partial charge in [-0.05, 0) is 60.7 Å². The van der Waals surface area contributed by atoms with Crippen LogP contribution in [-0.4, -0.2) is 51.2 Å². The summed E-state index contributed by atoms with van der Waals surface area (Å²) in [5.74, 6) is 0.284. The Kier molecular flexibility index (Phi) is 7.32. The lowest BCUT2D eigenvalue weighted by molar-refractivity contribution is 0.286. The molecule has 1 saturated heterocycles. The molecular weight excluding hydrogens is 452 g/mol. The first kappa shape index (κ1) is 24.1. The number of nitrogens with zero attached hydrogens (tertiary/aromatic N) is 5. The molecule has 2 aromatic heterocycles. The second-order valence-corrected chi connectivity index (χ2v) is 9.33. The van der Waals surface area contributed by atoms with Crippen LogP contribution in [-0.2, 0) is 13.1 Å². The van der Waals surface area contributed by atoms with Crippen molar-refractivity contribution in [2.75, 3.05) is 32.5 Å². The molecule has 188 valence electrons. The molecule has 0 amide bonds. The highest BCUT2D eigenvalue weighted by Crippen LogP contribution is 2.28. The van der Waals surface area contributed by atoms with E-state index in [1.165, 1.54) is 42.6 Å². The van der Waals surface area contributed by atoms with Crippen molar-refractivity contribution in [3.8, 4) is 23.1 Å². The number of ether oxygens (including phenoxy) is 2. The maximum absolute atomic E-state index is 6.19.